The highest BCUT2D eigenvalue weighted by molar-refractivity contribution is 6.32. The Morgan fingerprint density at radius 1 is 1.44 bits per heavy atom. The van der Waals surface area contributed by atoms with E-state index < -0.39 is 0 Å². The molecule has 1 N–H and O–H groups in total. The molecule has 0 saturated heterocycles. The number of hydrogen-bond donors (Lipinski definition) is 1. The molecule has 3 heteroatoms. The molecule has 1 unspecified atom stereocenters. The molecule has 0 saturated carbocycles. The highest BCUT2D eigenvalue weighted by atomic mass is 35.5. The van der Waals surface area contributed by atoms with E-state index in [0.717, 1.165) is 17.1 Å². The third kappa shape index (κ3) is 1.75. The molecule has 0 fully saturated rings. The van der Waals surface area contributed by atoms with Gasteiger partial charge in [-0.05, 0) is 30.5 Å². The molecule has 1 atom stereocenters. The number of likely N-dealkylation sites (N-methyl/N-ethyl adjacent to an activating group) is 1. The van der Waals surface area contributed by atoms with Crippen LogP contribution >= 0.6 is 11.6 Å². The van der Waals surface area contributed by atoms with Crippen LogP contribution in [0.2, 0.25) is 5.02 Å². The van der Waals surface area contributed by atoms with Gasteiger partial charge in [-0.1, -0.05) is 25.4 Å². The number of fused-ring (bicyclic) bond motifs is 1. The maximum Gasteiger partial charge on any atom is 0.0623 e. The van der Waals surface area contributed by atoms with Crippen LogP contribution in [0.15, 0.2) is 12.1 Å². The van der Waals surface area contributed by atoms with Gasteiger partial charge < -0.3 is 10.2 Å². The van der Waals surface area contributed by atoms with Gasteiger partial charge in [0.2, 0.25) is 0 Å². The fourth-order valence-corrected chi connectivity index (χ4v) is 2.55. The molecule has 0 aromatic heterocycles. The Bertz CT molecular complexity index is 401. The average Bonchev–Trinajstić information content (AvgIpc) is 2.23. The normalized spacial score (nSPS) is 19.6. The molecule has 1 aliphatic heterocycles. The van der Waals surface area contributed by atoms with Crippen molar-refractivity contribution in [2.24, 2.45) is 5.92 Å². The van der Waals surface area contributed by atoms with Gasteiger partial charge in [0.05, 0.1) is 11.4 Å². The first kappa shape index (κ1) is 11.6. The van der Waals surface area contributed by atoms with E-state index in [1.807, 2.05) is 6.07 Å². The Morgan fingerprint density at radius 3 is 2.75 bits per heavy atom. The molecule has 1 aromatic carbocycles. The Labute approximate surface area is 103 Å². The summed E-state index contributed by atoms with van der Waals surface area (Å²) in [4.78, 5) is 2.36. The van der Waals surface area contributed by atoms with Gasteiger partial charge in [-0.3, -0.25) is 0 Å². The first-order valence-electron chi connectivity index (χ1n) is 5.78. The second-order valence-electron chi connectivity index (χ2n) is 4.87. The predicted molar refractivity (Wildman–Crippen MR) is 71.7 cm³/mol. The zero-order valence-corrected chi connectivity index (χ0v) is 11.1. The van der Waals surface area contributed by atoms with Crippen molar-refractivity contribution in [3.63, 3.8) is 0 Å². The molecule has 16 heavy (non-hydrogen) atoms. The number of benzene rings is 1. The second kappa shape index (κ2) is 4.17. The predicted octanol–water partition coefficient (Wildman–Crippen LogP) is 3.53. The maximum atomic E-state index is 6.13. The van der Waals surface area contributed by atoms with Crippen molar-refractivity contribution in [2.75, 3.05) is 23.8 Å². The zero-order chi connectivity index (χ0) is 11.9. The average molecular weight is 239 g/mol. The molecule has 88 valence electrons. The van der Waals surface area contributed by atoms with Gasteiger partial charge in [0.15, 0.2) is 0 Å². The lowest BCUT2D eigenvalue weighted by atomic mass is 9.98. The summed E-state index contributed by atoms with van der Waals surface area (Å²) in [5, 5.41) is 4.34. The number of hydrogen-bond acceptors (Lipinski definition) is 2. The molecule has 0 spiro atoms. The maximum absolute atomic E-state index is 6.13. The molecule has 2 nitrogen and oxygen atoms in total. The van der Waals surface area contributed by atoms with E-state index in [0.29, 0.717) is 12.0 Å². The van der Waals surface area contributed by atoms with E-state index >= 15 is 0 Å². The molecule has 0 bridgehead atoms. The highest BCUT2D eigenvalue weighted by Gasteiger charge is 2.26. The van der Waals surface area contributed by atoms with Crippen LogP contribution in [0.3, 0.4) is 0 Å². The van der Waals surface area contributed by atoms with Gasteiger partial charge in [-0.2, -0.15) is 0 Å². The van der Waals surface area contributed by atoms with Gasteiger partial charge in [0.25, 0.3) is 0 Å². The third-order valence-electron chi connectivity index (χ3n) is 3.51. The van der Waals surface area contributed by atoms with Gasteiger partial charge in [0.1, 0.15) is 0 Å². The summed E-state index contributed by atoms with van der Waals surface area (Å²) in [6.07, 6.45) is 0. The largest absolute Gasteiger partial charge is 0.381 e. The van der Waals surface area contributed by atoms with E-state index in [-0.39, 0.29) is 0 Å². The van der Waals surface area contributed by atoms with Crippen LogP contribution < -0.4 is 10.2 Å². The van der Waals surface area contributed by atoms with E-state index in [2.05, 4.69) is 44.1 Å². The molecule has 0 radical (unpaired) electrons. The Balaban J connectivity index is 2.43. The smallest absolute Gasteiger partial charge is 0.0623 e. The minimum atomic E-state index is 0.549. The SMILES string of the molecule is Cc1c(Cl)ccc2c1NCC(C(C)C)N2C. The summed E-state index contributed by atoms with van der Waals surface area (Å²) in [7, 11) is 2.16. The number of nitrogens with one attached hydrogen (secondary N) is 1. The number of anilines is 2. The summed E-state index contributed by atoms with van der Waals surface area (Å²) in [6, 6.07) is 4.64. The van der Waals surface area contributed by atoms with Crippen LogP contribution in [0.25, 0.3) is 0 Å². The first-order chi connectivity index (χ1) is 7.52. The van der Waals surface area contributed by atoms with Crippen LogP contribution in [0.1, 0.15) is 19.4 Å². The fraction of sp³-hybridized carbons (Fsp3) is 0.538. The Morgan fingerprint density at radius 2 is 2.12 bits per heavy atom. The van der Waals surface area contributed by atoms with Crippen molar-refractivity contribution < 1.29 is 0 Å². The standard InChI is InChI=1S/C13H19ClN2/c1-8(2)12-7-15-13-9(3)10(14)5-6-11(13)16(12)4/h5-6,8,12,15H,7H2,1-4H3. The Hall–Kier alpha value is -0.890. The molecule has 1 aromatic rings. The fourth-order valence-electron chi connectivity index (χ4n) is 2.39. The minimum absolute atomic E-state index is 0.549. The lowest BCUT2D eigenvalue weighted by Gasteiger charge is -2.39. The van der Waals surface area contributed by atoms with Gasteiger partial charge in [0, 0.05) is 24.7 Å². The summed E-state index contributed by atoms with van der Waals surface area (Å²) in [5.74, 6) is 0.640. The summed E-state index contributed by atoms with van der Waals surface area (Å²) >= 11 is 6.13. The van der Waals surface area contributed by atoms with Crippen LogP contribution in [0.4, 0.5) is 11.4 Å². The summed E-state index contributed by atoms with van der Waals surface area (Å²) in [6.45, 7) is 7.58. The van der Waals surface area contributed by atoms with Crippen molar-refractivity contribution in [1.29, 1.82) is 0 Å². The molecule has 2 rings (SSSR count). The van der Waals surface area contributed by atoms with Crippen molar-refractivity contribution in [3.8, 4) is 0 Å². The van der Waals surface area contributed by atoms with E-state index in [1.165, 1.54) is 11.4 Å². The van der Waals surface area contributed by atoms with Crippen LogP contribution in [0, 0.1) is 12.8 Å². The van der Waals surface area contributed by atoms with E-state index in [1.54, 1.807) is 0 Å². The highest BCUT2D eigenvalue weighted by Crippen LogP contribution is 2.37. The third-order valence-corrected chi connectivity index (χ3v) is 3.92. The number of rotatable bonds is 1. The molecule has 1 heterocycles. The van der Waals surface area contributed by atoms with Crippen molar-refractivity contribution in [1.82, 2.24) is 0 Å². The zero-order valence-electron chi connectivity index (χ0n) is 10.3. The molecule has 0 amide bonds. The van der Waals surface area contributed by atoms with Crippen molar-refractivity contribution in [2.45, 2.75) is 26.8 Å². The van der Waals surface area contributed by atoms with Gasteiger partial charge in [-0.15, -0.1) is 0 Å². The lowest BCUT2D eigenvalue weighted by molar-refractivity contribution is 0.482. The van der Waals surface area contributed by atoms with Gasteiger partial charge in [-0.25, -0.2) is 0 Å². The monoisotopic (exact) mass is 238 g/mol. The van der Waals surface area contributed by atoms with E-state index in [9.17, 15) is 0 Å². The lowest BCUT2D eigenvalue weighted by Crippen LogP contribution is -2.45. The van der Waals surface area contributed by atoms with Crippen molar-refractivity contribution in [3.05, 3.63) is 22.7 Å². The minimum Gasteiger partial charge on any atom is -0.381 e. The topological polar surface area (TPSA) is 15.3 Å². The first-order valence-corrected chi connectivity index (χ1v) is 6.16. The molecular formula is C13H19ClN2. The molecule has 0 aliphatic carbocycles. The Kier molecular flexibility index (Phi) is 3.02. The summed E-state index contributed by atoms with van der Waals surface area (Å²) < 4.78 is 0. The van der Waals surface area contributed by atoms with E-state index in [4.69, 9.17) is 11.6 Å². The summed E-state index contributed by atoms with van der Waals surface area (Å²) in [5.41, 5.74) is 3.59. The molecular weight excluding hydrogens is 220 g/mol. The van der Waals surface area contributed by atoms with Crippen LogP contribution in [-0.4, -0.2) is 19.6 Å². The number of nitrogens with zero attached hydrogens (tertiary/aromatic N) is 1. The molecule has 1 aliphatic rings. The van der Waals surface area contributed by atoms with Crippen LogP contribution in [0.5, 0.6) is 0 Å². The number of halogens is 1. The van der Waals surface area contributed by atoms with Crippen LogP contribution in [-0.2, 0) is 0 Å². The quantitative estimate of drug-likeness (QED) is 0.805. The second-order valence-corrected chi connectivity index (χ2v) is 5.28. The van der Waals surface area contributed by atoms with Gasteiger partial charge >= 0.3 is 0 Å². The van der Waals surface area contributed by atoms with Crippen molar-refractivity contribution >= 4 is 23.0 Å².